The van der Waals surface area contributed by atoms with Crippen molar-refractivity contribution in [1.29, 1.82) is 0 Å². The van der Waals surface area contributed by atoms with Crippen LogP contribution >= 0.6 is 0 Å². The average molecular weight is 201 g/mol. The molecule has 0 aliphatic rings. The van der Waals surface area contributed by atoms with Crippen molar-refractivity contribution in [2.45, 2.75) is 78.0 Å². The molecule has 0 saturated heterocycles. The molecule has 0 aromatic heterocycles. The SMILES string of the molecule is CCCCCCC(C)OC(C)[C@H](C)N. The summed E-state index contributed by atoms with van der Waals surface area (Å²) in [5.74, 6) is 0. The molecule has 2 N–H and O–H groups in total. The molecular formula is C12H27NO. The molecule has 2 unspecified atom stereocenters. The molecule has 0 aliphatic carbocycles. The third-order valence-electron chi connectivity index (χ3n) is 2.65. The fourth-order valence-electron chi connectivity index (χ4n) is 1.42. The van der Waals surface area contributed by atoms with Crippen molar-refractivity contribution in [3.05, 3.63) is 0 Å². The Bertz CT molecular complexity index is 125. The van der Waals surface area contributed by atoms with E-state index in [1.807, 2.05) is 13.8 Å². The van der Waals surface area contributed by atoms with Gasteiger partial charge in [0.1, 0.15) is 0 Å². The Morgan fingerprint density at radius 2 is 1.71 bits per heavy atom. The van der Waals surface area contributed by atoms with Crippen LogP contribution in [0.3, 0.4) is 0 Å². The van der Waals surface area contributed by atoms with Gasteiger partial charge in [-0.15, -0.1) is 0 Å². The summed E-state index contributed by atoms with van der Waals surface area (Å²) in [4.78, 5) is 0. The van der Waals surface area contributed by atoms with Crippen LogP contribution in [0.15, 0.2) is 0 Å². The second-order valence-electron chi connectivity index (χ2n) is 4.36. The van der Waals surface area contributed by atoms with Crippen LogP contribution in [-0.4, -0.2) is 18.2 Å². The first-order valence-electron chi connectivity index (χ1n) is 5.99. The summed E-state index contributed by atoms with van der Waals surface area (Å²) in [5.41, 5.74) is 5.74. The lowest BCUT2D eigenvalue weighted by Crippen LogP contribution is -2.33. The summed E-state index contributed by atoms with van der Waals surface area (Å²) >= 11 is 0. The van der Waals surface area contributed by atoms with Crippen LogP contribution in [0.4, 0.5) is 0 Å². The maximum atomic E-state index is 5.77. The van der Waals surface area contributed by atoms with E-state index in [1.165, 1.54) is 25.7 Å². The van der Waals surface area contributed by atoms with Gasteiger partial charge < -0.3 is 10.5 Å². The minimum Gasteiger partial charge on any atom is -0.374 e. The molecule has 2 nitrogen and oxygen atoms in total. The fourth-order valence-corrected chi connectivity index (χ4v) is 1.42. The second-order valence-corrected chi connectivity index (χ2v) is 4.36. The largest absolute Gasteiger partial charge is 0.374 e. The number of rotatable bonds is 8. The minimum atomic E-state index is 0.132. The van der Waals surface area contributed by atoms with Gasteiger partial charge in [0.05, 0.1) is 12.2 Å². The maximum absolute atomic E-state index is 5.77. The first kappa shape index (κ1) is 13.9. The average Bonchev–Trinajstić information content (AvgIpc) is 2.12. The lowest BCUT2D eigenvalue weighted by molar-refractivity contribution is -0.00713. The zero-order valence-corrected chi connectivity index (χ0v) is 10.3. The quantitative estimate of drug-likeness (QED) is 0.612. The lowest BCUT2D eigenvalue weighted by Gasteiger charge is -2.21. The van der Waals surface area contributed by atoms with E-state index in [4.69, 9.17) is 10.5 Å². The molecular weight excluding hydrogens is 174 g/mol. The summed E-state index contributed by atoms with van der Waals surface area (Å²) in [6.07, 6.45) is 6.94. The number of hydrogen-bond acceptors (Lipinski definition) is 2. The minimum absolute atomic E-state index is 0.132. The summed E-state index contributed by atoms with van der Waals surface area (Å²) < 4.78 is 5.77. The normalized spacial score (nSPS) is 17.8. The summed E-state index contributed by atoms with van der Waals surface area (Å²) in [5, 5.41) is 0. The molecule has 0 heterocycles. The van der Waals surface area contributed by atoms with Gasteiger partial charge in [0.25, 0.3) is 0 Å². The Labute approximate surface area is 89.2 Å². The van der Waals surface area contributed by atoms with Gasteiger partial charge in [0, 0.05) is 6.04 Å². The van der Waals surface area contributed by atoms with Gasteiger partial charge in [-0.25, -0.2) is 0 Å². The molecule has 0 aliphatic heterocycles. The topological polar surface area (TPSA) is 35.2 Å². The third kappa shape index (κ3) is 7.34. The van der Waals surface area contributed by atoms with Crippen molar-refractivity contribution >= 4 is 0 Å². The summed E-state index contributed by atoms with van der Waals surface area (Å²) in [6.45, 7) is 8.42. The van der Waals surface area contributed by atoms with Crippen molar-refractivity contribution in [3.8, 4) is 0 Å². The van der Waals surface area contributed by atoms with Crippen LogP contribution in [0.25, 0.3) is 0 Å². The Kier molecular flexibility index (Phi) is 8.20. The van der Waals surface area contributed by atoms with E-state index in [0.29, 0.717) is 6.10 Å². The number of hydrogen-bond donors (Lipinski definition) is 1. The highest BCUT2D eigenvalue weighted by atomic mass is 16.5. The predicted molar refractivity (Wildman–Crippen MR) is 62.4 cm³/mol. The van der Waals surface area contributed by atoms with E-state index in [-0.39, 0.29) is 12.1 Å². The molecule has 86 valence electrons. The molecule has 0 amide bonds. The van der Waals surface area contributed by atoms with Crippen LogP contribution in [-0.2, 0) is 4.74 Å². The van der Waals surface area contributed by atoms with Gasteiger partial charge in [-0.1, -0.05) is 32.6 Å². The molecule has 0 rings (SSSR count). The molecule has 0 aromatic rings. The highest BCUT2D eigenvalue weighted by Crippen LogP contribution is 2.10. The van der Waals surface area contributed by atoms with E-state index >= 15 is 0 Å². The number of unbranched alkanes of at least 4 members (excludes halogenated alkanes) is 3. The molecule has 0 fully saturated rings. The summed E-state index contributed by atoms with van der Waals surface area (Å²) in [7, 11) is 0. The summed E-state index contributed by atoms with van der Waals surface area (Å²) in [6, 6.07) is 0.132. The maximum Gasteiger partial charge on any atom is 0.0698 e. The van der Waals surface area contributed by atoms with Crippen LogP contribution in [0, 0.1) is 0 Å². The van der Waals surface area contributed by atoms with Crippen molar-refractivity contribution in [3.63, 3.8) is 0 Å². The molecule has 0 aromatic carbocycles. The van der Waals surface area contributed by atoms with Gasteiger partial charge in [-0.2, -0.15) is 0 Å². The fraction of sp³-hybridized carbons (Fsp3) is 1.00. The molecule has 0 bridgehead atoms. The van der Waals surface area contributed by atoms with Crippen LogP contribution in [0.5, 0.6) is 0 Å². The predicted octanol–water partition coefficient (Wildman–Crippen LogP) is 3.10. The monoisotopic (exact) mass is 201 g/mol. The molecule has 2 heteroatoms. The van der Waals surface area contributed by atoms with Crippen molar-refractivity contribution in [2.24, 2.45) is 5.73 Å². The highest BCUT2D eigenvalue weighted by Gasteiger charge is 2.11. The highest BCUT2D eigenvalue weighted by molar-refractivity contribution is 4.64. The Morgan fingerprint density at radius 3 is 2.21 bits per heavy atom. The van der Waals surface area contributed by atoms with Crippen molar-refractivity contribution in [1.82, 2.24) is 0 Å². The molecule has 14 heavy (non-hydrogen) atoms. The van der Waals surface area contributed by atoms with E-state index in [2.05, 4.69) is 13.8 Å². The smallest absolute Gasteiger partial charge is 0.0698 e. The van der Waals surface area contributed by atoms with Crippen LogP contribution in [0.2, 0.25) is 0 Å². The lowest BCUT2D eigenvalue weighted by atomic mass is 10.1. The Balaban J connectivity index is 3.40. The zero-order valence-electron chi connectivity index (χ0n) is 10.3. The van der Waals surface area contributed by atoms with Crippen molar-refractivity contribution < 1.29 is 4.74 Å². The van der Waals surface area contributed by atoms with Crippen molar-refractivity contribution in [2.75, 3.05) is 0 Å². The zero-order chi connectivity index (χ0) is 11.0. The van der Waals surface area contributed by atoms with E-state index in [0.717, 1.165) is 6.42 Å². The molecule has 0 spiro atoms. The van der Waals surface area contributed by atoms with Gasteiger partial charge >= 0.3 is 0 Å². The van der Waals surface area contributed by atoms with Gasteiger partial charge in [0.15, 0.2) is 0 Å². The first-order valence-corrected chi connectivity index (χ1v) is 5.99. The van der Waals surface area contributed by atoms with E-state index in [1.54, 1.807) is 0 Å². The van der Waals surface area contributed by atoms with Gasteiger partial charge in [0.2, 0.25) is 0 Å². The van der Waals surface area contributed by atoms with Crippen LogP contribution < -0.4 is 5.73 Å². The Morgan fingerprint density at radius 1 is 1.07 bits per heavy atom. The van der Waals surface area contributed by atoms with E-state index in [9.17, 15) is 0 Å². The Hall–Kier alpha value is -0.0800. The standard InChI is InChI=1S/C12H27NO/c1-5-6-7-8-9-10(2)14-12(4)11(3)13/h10-12H,5-9,13H2,1-4H3/t10?,11-,12?/m0/s1. The number of nitrogens with two attached hydrogens (primary N) is 1. The molecule has 3 atom stereocenters. The second kappa shape index (κ2) is 8.25. The molecule has 0 saturated carbocycles. The van der Waals surface area contributed by atoms with Crippen LogP contribution in [0.1, 0.15) is 59.8 Å². The third-order valence-corrected chi connectivity index (χ3v) is 2.65. The number of ether oxygens (including phenoxy) is 1. The van der Waals surface area contributed by atoms with E-state index < -0.39 is 0 Å². The first-order chi connectivity index (χ1) is 6.57. The molecule has 0 radical (unpaired) electrons. The van der Waals surface area contributed by atoms with Gasteiger partial charge in [-0.05, 0) is 27.2 Å². The van der Waals surface area contributed by atoms with Gasteiger partial charge in [-0.3, -0.25) is 0 Å².